The third-order valence-corrected chi connectivity index (χ3v) is 4.12. The standard InChI is InChI=1S/C18H17Cl2N3O2/c1-11(2)17(24)22-14-8-6-12(7-9-14)18(25)23-21-10-13-4-3-5-15(19)16(13)20/h3-11H,1-2H3,(H,22,24)(H,23,25)/b21-10+. The number of carbonyl (C=O) groups excluding carboxylic acids is 2. The molecule has 0 spiro atoms. The number of amides is 2. The topological polar surface area (TPSA) is 70.6 Å². The van der Waals surface area contributed by atoms with Crippen LogP contribution in [0.15, 0.2) is 47.6 Å². The lowest BCUT2D eigenvalue weighted by Crippen LogP contribution is -2.19. The van der Waals surface area contributed by atoms with Gasteiger partial charge in [0, 0.05) is 22.7 Å². The molecule has 130 valence electrons. The zero-order chi connectivity index (χ0) is 18.4. The third kappa shape index (κ3) is 5.31. The Kier molecular flexibility index (Phi) is 6.56. The molecule has 2 rings (SSSR count). The maximum Gasteiger partial charge on any atom is 0.271 e. The predicted molar refractivity (Wildman–Crippen MR) is 101 cm³/mol. The maximum atomic E-state index is 12.1. The molecule has 2 amide bonds. The molecule has 2 N–H and O–H groups in total. The average molecular weight is 378 g/mol. The van der Waals surface area contributed by atoms with Gasteiger partial charge in [0.15, 0.2) is 0 Å². The molecule has 0 saturated heterocycles. The molecule has 0 aromatic heterocycles. The van der Waals surface area contributed by atoms with Crippen LogP contribution < -0.4 is 10.7 Å². The number of anilines is 1. The lowest BCUT2D eigenvalue weighted by molar-refractivity contribution is -0.118. The Hall–Kier alpha value is -2.37. The number of nitrogens with one attached hydrogen (secondary N) is 2. The van der Waals surface area contributed by atoms with E-state index in [0.29, 0.717) is 26.9 Å². The van der Waals surface area contributed by atoms with Crippen LogP contribution in [0.2, 0.25) is 10.0 Å². The van der Waals surface area contributed by atoms with Crippen molar-refractivity contribution in [3.63, 3.8) is 0 Å². The molecule has 25 heavy (non-hydrogen) atoms. The van der Waals surface area contributed by atoms with Crippen molar-refractivity contribution >= 4 is 46.9 Å². The summed E-state index contributed by atoms with van der Waals surface area (Å²) in [4.78, 5) is 23.7. The molecule has 0 heterocycles. The molecule has 2 aromatic carbocycles. The lowest BCUT2D eigenvalue weighted by atomic mass is 10.1. The molecule has 0 aliphatic carbocycles. The molecule has 0 atom stereocenters. The number of benzene rings is 2. The number of hydrazone groups is 1. The van der Waals surface area contributed by atoms with Gasteiger partial charge in [-0.25, -0.2) is 5.43 Å². The van der Waals surface area contributed by atoms with E-state index in [-0.39, 0.29) is 17.7 Å². The fourth-order valence-electron chi connectivity index (χ4n) is 1.84. The van der Waals surface area contributed by atoms with Gasteiger partial charge in [-0.15, -0.1) is 0 Å². The van der Waals surface area contributed by atoms with Crippen molar-refractivity contribution in [3.05, 3.63) is 63.6 Å². The Morgan fingerprint density at radius 3 is 2.40 bits per heavy atom. The second-order valence-corrected chi connectivity index (χ2v) is 6.35. The quantitative estimate of drug-likeness (QED) is 0.600. The van der Waals surface area contributed by atoms with Gasteiger partial charge in [0.2, 0.25) is 5.91 Å². The number of hydrogen-bond acceptors (Lipinski definition) is 3. The normalized spacial score (nSPS) is 10.9. The van der Waals surface area contributed by atoms with Crippen LogP contribution in [-0.2, 0) is 4.79 Å². The monoisotopic (exact) mass is 377 g/mol. The Bertz CT molecular complexity index is 802. The summed E-state index contributed by atoms with van der Waals surface area (Å²) in [5.41, 5.74) is 4.06. The van der Waals surface area contributed by atoms with Gasteiger partial charge < -0.3 is 5.32 Å². The zero-order valence-corrected chi connectivity index (χ0v) is 15.2. The number of halogens is 2. The highest BCUT2D eigenvalue weighted by Crippen LogP contribution is 2.24. The minimum Gasteiger partial charge on any atom is -0.326 e. The number of nitrogens with zero attached hydrogens (tertiary/aromatic N) is 1. The summed E-state index contributed by atoms with van der Waals surface area (Å²) in [5, 5.41) is 7.41. The Morgan fingerprint density at radius 2 is 1.76 bits per heavy atom. The van der Waals surface area contributed by atoms with Crippen molar-refractivity contribution in [2.45, 2.75) is 13.8 Å². The van der Waals surface area contributed by atoms with Crippen LogP contribution in [0.4, 0.5) is 5.69 Å². The van der Waals surface area contributed by atoms with E-state index in [1.54, 1.807) is 56.3 Å². The lowest BCUT2D eigenvalue weighted by Gasteiger charge is -2.08. The first-order chi connectivity index (χ1) is 11.9. The highest BCUT2D eigenvalue weighted by molar-refractivity contribution is 6.43. The fraction of sp³-hybridized carbons (Fsp3) is 0.167. The van der Waals surface area contributed by atoms with E-state index in [4.69, 9.17) is 23.2 Å². The minimum absolute atomic E-state index is 0.0831. The van der Waals surface area contributed by atoms with Gasteiger partial charge in [-0.2, -0.15) is 5.10 Å². The van der Waals surface area contributed by atoms with Gasteiger partial charge in [0.25, 0.3) is 5.91 Å². The van der Waals surface area contributed by atoms with Gasteiger partial charge in [-0.3, -0.25) is 9.59 Å². The molecule has 0 fully saturated rings. The maximum absolute atomic E-state index is 12.1. The largest absolute Gasteiger partial charge is 0.326 e. The summed E-state index contributed by atoms with van der Waals surface area (Å²) < 4.78 is 0. The van der Waals surface area contributed by atoms with E-state index in [9.17, 15) is 9.59 Å². The second kappa shape index (κ2) is 8.65. The minimum atomic E-state index is -0.379. The van der Waals surface area contributed by atoms with Gasteiger partial charge in [0.05, 0.1) is 16.3 Å². The van der Waals surface area contributed by atoms with Crippen LogP contribution in [0.25, 0.3) is 0 Å². The molecule has 2 aromatic rings. The van der Waals surface area contributed by atoms with E-state index < -0.39 is 0 Å². The summed E-state index contributed by atoms with van der Waals surface area (Å²) in [7, 11) is 0. The number of carbonyl (C=O) groups is 2. The van der Waals surface area contributed by atoms with Gasteiger partial charge >= 0.3 is 0 Å². The smallest absolute Gasteiger partial charge is 0.271 e. The molecular weight excluding hydrogens is 361 g/mol. The summed E-state index contributed by atoms with van der Waals surface area (Å²) in [6.07, 6.45) is 1.42. The van der Waals surface area contributed by atoms with E-state index >= 15 is 0 Å². The fourth-order valence-corrected chi connectivity index (χ4v) is 2.19. The Labute approximate surface area is 156 Å². The van der Waals surface area contributed by atoms with Crippen molar-refractivity contribution < 1.29 is 9.59 Å². The van der Waals surface area contributed by atoms with Crippen LogP contribution in [0.1, 0.15) is 29.8 Å². The highest BCUT2D eigenvalue weighted by Gasteiger charge is 2.08. The molecule has 0 bridgehead atoms. The van der Waals surface area contributed by atoms with Crippen LogP contribution >= 0.6 is 23.2 Å². The highest BCUT2D eigenvalue weighted by atomic mass is 35.5. The van der Waals surface area contributed by atoms with E-state index in [1.165, 1.54) is 6.21 Å². The molecule has 7 heteroatoms. The Balaban J connectivity index is 1.98. The summed E-state index contributed by atoms with van der Waals surface area (Å²) >= 11 is 11.9. The molecule has 0 radical (unpaired) electrons. The Morgan fingerprint density at radius 1 is 1.08 bits per heavy atom. The van der Waals surface area contributed by atoms with E-state index in [0.717, 1.165) is 0 Å². The summed E-state index contributed by atoms with van der Waals surface area (Å²) in [6.45, 7) is 3.61. The van der Waals surface area contributed by atoms with E-state index in [2.05, 4.69) is 15.8 Å². The first-order valence-electron chi connectivity index (χ1n) is 7.57. The molecule has 0 aliphatic heterocycles. The molecule has 0 saturated carbocycles. The molecule has 0 aliphatic rings. The van der Waals surface area contributed by atoms with Gasteiger partial charge in [0.1, 0.15) is 0 Å². The average Bonchev–Trinajstić information content (AvgIpc) is 2.59. The van der Waals surface area contributed by atoms with Crippen molar-refractivity contribution in [1.29, 1.82) is 0 Å². The van der Waals surface area contributed by atoms with Gasteiger partial charge in [-0.05, 0) is 30.3 Å². The summed E-state index contributed by atoms with van der Waals surface area (Å²) in [5.74, 6) is -0.577. The third-order valence-electron chi connectivity index (χ3n) is 3.29. The van der Waals surface area contributed by atoms with Gasteiger partial charge in [-0.1, -0.05) is 49.2 Å². The van der Waals surface area contributed by atoms with Crippen LogP contribution in [-0.4, -0.2) is 18.0 Å². The predicted octanol–water partition coefficient (Wildman–Crippen LogP) is 4.35. The van der Waals surface area contributed by atoms with Crippen molar-refractivity contribution in [3.8, 4) is 0 Å². The molecular formula is C18H17Cl2N3O2. The van der Waals surface area contributed by atoms with Crippen molar-refractivity contribution in [2.75, 3.05) is 5.32 Å². The second-order valence-electron chi connectivity index (χ2n) is 5.56. The molecule has 0 unspecified atom stereocenters. The van der Waals surface area contributed by atoms with Crippen LogP contribution in [0.5, 0.6) is 0 Å². The van der Waals surface area contributed by atoms with E-state index in [1.807, 2.05) is 0 Å². The van der Waals surface area contributed by atoms with Crippen LogP contribution in [0.3, 0.4) is 0 Å². The number of rotatable bonds is 5. The summed E-state index contributed by atoms with van der Waals surface area (Å²) in [6, 6.07) is 11.7. The zero-order valence-electron chi connectivity index (χ0n) is 13.7. The first-order valence-corrected chi connectivity index (χ1v) is 8.32. The number of hydrogen-bond donors (Lipinski definition) is 2. The SMILES string of the molecule is CC(C)C(=O)Nc1ccc(C(=O)N/N=C/c2cccc(Cl)c2Cl)cc1. The molecule has 5 nitrogen and oxygen atoms in total. The van der Waals surface area contributed by atoms with Crippen molar-refractivity contribution in [2.24, 2.45) is 11.0 Å². The van der Waals surface area contributed by atoms with Crippen molar-refractivity contribution in [1.82, 2.24) is 5.43 Å². The first kappa shape index (κ1) is 19.0. The van der Waals surface area contributed by atoms with Crippen LogP contribution in [0, 0.1) is 5.92 Å².